The first kappa shape index (κ1) is 29.6. The average molecular weight is 573 g/mol. The summed E-state index contributed by atoms with van der Waals surface area (Å²) in [5.41, 5.74) is 2.52. The Morgan fingerprint density at radius 1 is 0.905 bits per heavy atom. The van der Waals surface area contributed by atoms with Gasteiger partial charge in [-0.3, -0.25) is 9.59 Å². The lowest BCUT2D eigenvalue weighted by atomic mass is 9.34. The first-order valence-electron chi connectivity index (χ1n) is 15.8. The minimum atomic E-state index is -1.21. The van der Waals surface area contributed by atoms with E-state index in [0.29, 0.717) is 12.5 Å². The number of esters is 1. The maximum atomic E-state index is 13.7. The van der Waals surface area contributed by atoms with Crippen molar-refractivity contribution in [3.8, 4) is 0 Å². The van der Waals surface area contributed by atoms with Crippen LogP contribution in [0, 0.1) is 33.0 Å². The van der Waals surface area contributed by atoms with E-state index >= 15 is 0 Å². The lowest BCUT2D eigenvalue weighted by Gasteiger charge is -2.70. The molecule has 3 fully saturated rings. The minimum Gasteiger partial charge on any atom is -0.460 e. The maximum absolute atomic E-state index is 13.7. The van der Waals surface area contributed by atoms with E-state index in [0.717, 1.165) is 61.7 Å². The summed E-state index contributed by atoms with van der Waals surface area (Å²) >= 11 is 0. The topological polar surface area (TPSA) is 72.8 Å². The molecule has 5 nitrogen and oxygen atoms in total. The van der Waals surface area contributed by atoms with Crippen LogP contribution in [0.15, 0.2) is 65.3 Å². The number of aliphatic hydroxyl groups is 1. The molecule has 42 heavy (non-hydrogen) atoms. The molecule has 1 aromatic rings. The van der Waals surface area contributed by atoms with Gasteiger partial charge in [-0.25, -0.2) is 0 Å². The number of hydrogen-bond donors (Lipinski definition) is 1. The maximum Gasteiger partial charge on any atom is 0.312 e. The summed E-state index contributed by atoms with van der Waals surface area (Å²) in [4.78, 5) is 26.8. The van der Waals surface area contributed by atoms with Crippen molar-refractivity contribution in [2.75, 3.05) is 7.11 Å². The van der Waals surface area contributed by atoms with Crippen molar-refractivity contribution in [1.82, 2.24) is 0 Å². The Kier molecular flexibility index (Phi) is 6.69. The van der Waals surface area contributed by atoms with Gasteiger partial charge in [0, 0.05) is 12.5 Å². The van der Waals surface area contributed by atoms with Gasteiger partial charge in [0.15, 0.2) is 5.78 Å². The zero-order chi connectivity index (χ0) is 30.3. The Bertz CT molecular complexity index is 1410. The van der Waals surface area contributed by atoms with Crippen LogP contribution in [0.25, 0.3) is 0 Å². The molecule has 0 aliphatic heterocycles. The summed E-state index contributed by atoms with van der Waals surface area (Å²) in [5.74, 6) is 0.0223. The second-order valence-corrected chi connectivity index (χ2v) is 15.4. The molecule has 0 heterocycles. The zero-order valence-electron chi connectivity index (χ0n) is 26.5. The van der Waals surface area contributed by atoms with Crippen LogP contribution in [0.5, 0.6) is 0 Å². The fourth-order valence-electron chi connectivity index (χ4n) is 10.00. The number of carbonyl (C=O) groups excluding carboxylic acids is 2. The highest BCUT2D eigenvalue weighted by Gasteiger charge is 2.68. The van der Waals surface area contributed by atoms with Gasteiger partial charge < -0.3 is 14.6 Å². The fraction of sp³-hybridized carbons (Fsp3) is 0.622. The van der Waals surface area contributed by atoms with Crippen molar-refractivity contribution in [2.24, 2.45) is 33.0 Å². The second kappa shape index (κ2) is 9.50. The van der Waals surface area contributed by atoms with E-state index in [1.165, 1.54) is 5.57 Å². The van der Waals surface area contributed by atoms with Crippen LogP contribution in [0.4, 0.5) is 0 Å². The van der Waals surface area contributed by atoms with Gasteiger partial charge in [-0.1, -0.05) is 75.8 Å². The normalized spacial score (nSPS) is 44.4. The van der Waals surface area contributed by atoms with Crippen molar-refractivity contribution < 1.29 is 24.2 Å². The highest BCUT2D eigenvalue weighted by Crippen LogP contribution is 2.75. The Hall–Kier alpha value is -2.50. The molecule has 0 bridgehead atoms. The molecule has 0 saturated heterocycles. The Morgan fingerprint density at radius 3 is 2.29 bits per heavy atom. The van der Waals surface area contributed by atoms with Gasteiger partial charge in [-0.15, -0.1) is 0 Å². The fourth-order valence-corrected chi connectivity index (χ4v) is 10.00. The summed E-state index contributed by atoms with van der Waals surface area (Å²) in [5, 5.41) is 10.8. The molecule has 1 N–H and O–H groups in total. The van der Waals surface area contributed by atoms with E-state index in [1.54, 1.807) is 13.2 Å². The lowest BCUT2D eigenvalue weighted by Crippen LogP contribution is -2.63. The van der Waals surface area contributed by atoms with Crippen LogP contribution in [-0.2, 0) is 25.7 Å². The van der Waals surface area contributed by atoms with Gasteiger partial charge in [-0.05, 0) is 104 Å². The summed E-state index contributed by atoms with van der Waals surface area (Å²) in [6, 6.07) is 9.94. The first-order valence-corrected chi connectivity index (χ1v) is 15.8. The lowest BCUT2D eigenvalue weighted by molar-refractivity contribution is -0.183. The van der Waals surface area contributed by atoms with Crippen LogP contribution in [0.2, 0.25) is 0 Å². The van der Waals surface area contributed by atoms with Gasteiger partial charge in [0.05, 0.1) is 5.41 Å². The largest absolute Gasteiger partial charge is 0.460 e. The summed E-state index contributed by atoms with van der Waals surface area (Å²) in [7, 11) is 1.58. The van der Waals surface area contributed by atoms with E-state index in [9.17, 15) is 14.7 Å². The van der Waals surface area contributed by atoms with Crippen molar-refractivity contribution >= 4 is 11.8 Å². The number of ketones is 1. The van der Waals surface area contributed by atoms with Crippen LogP contribution in [-0.4, -0.2) is 35.7 Å². The van der Waals surface area contributed by atoms with Crippen LogP contribution in [0.3, 0.4) is 0 Å². The molecule has 0 amide bonds. The third-order valence-electron chi connectivity index (χ3n) is 13.3. The third kappa shape index (κ3) is 3.88. The molecule has 3 saturated carbocycles. The van der Waals surface area contributed by atoms with Crippen molar-refractivity contribution in [2.45, 2.75) is 105 Å². The molecule has 5 aliphatic rings. The van der Waals surface area contributed by atoms with Crippen LogP contribution in [0.1, 0.15) is 92.1 Å². The standard InChI is InChI=1S/C37H48O5/c1-32-15-16-33(2,31(40)42-23-24-11-9-8-10-12-24)22-29(32)36(5)20-18-34(3)26-21-27(38)30(39)37(6,41-7)25(26)13-14-28(34)35(36,4)19-17-32/h8-14,21,29-30,39H,15-20,22-23H2,1-7H3/t29-,30+,32-,33-,34+,35-,36+,37+/m1/s1. The molecule has 0 aromatic heterocycles. The number of hydrogen-bond acceptors (Lipinski definition) is 5. The number of carbonyl (C=O) groups is 2. The zero-order valence-corrected chi connectivity index (χ0v) is 26.5. The van der Waals surface area contributed by atoms with E-state index in [2.05, 4.69) is 46.8 Å². The summed E-state index contributed by atoms with van der Waals surface area (Å²) < 4.78 is 11.8. The van der Waals surface area contributed by atoms with Crippen molar-refractivity contribution in [3.05, 3.63) is 70.8 Å². The monoisotopic (exact) mass is 572 g/mol. The minimum absolute atomic E-state index is 0.0125. The van der Waals surface area contributed by atoms with E-state index < -0.39 is 17.1 Å². The molecular formula is C37H48O5. The second-order valence-electron chi connectivity index (χ2n) is 15.4. The number of fused-ring (bicyclic) bond motifs is 7. The number of methoxy groups -OCH3 is 1. The number of rotatable bonds is 4. The average Bonchev–Trinajstić information content (AvgIpc) is 2.98. The molecule has 5 aliphatic carbocycles. The number of allylic oxidation sites excluding steroid dienone is 3. The molecule has 0 spiro atoms. The quantitative estimate of drug-likeness (QED) is 0.384. The predicted octanol–water partition coefficient (Wildman–Crippen LogP) is 7.29. The smallest absolute Gasteiger partial charge is 0.312 e. The highest BCUT2D eigenvalue weighted by atomic mass is 16.5. The molecule has 6 rings (SSSR count). The van der Waals surface area contributed by atoms with Crippen molar-refractivity contribution in [1.29, 1.82) is 0 Å². The summed E-state index contributed by atoms with van der Waals surface area (Å²) in [6.45, 7) is 14.0. The van der Waals surface area contributed by atoms with Gasteiger partial charge in [-0.2, -0.15) is 0 Å². The predicted molar refractivity (Wildman–Crippen MR) is 163 cm³/mol. The SMILES string of the molecule is CO[C@@]1(C)C2=CC=C3[C@@](C)(CC[C@@]4(C)[C@@H]5C[C@](C)(C(=O)OCc6ccccc6)CC[C@]5(C)CC[C@]34C)C2=CC(=O)[C@@H]1O. The molecule has 1 aromatic carbocycles. The number of ether oxygens (including phenoxy) is 2. The Morgan fingerprint density at radius 2 is 1.60 bits per heavy atom. The number of benzene rings is 1. The van der Waals surface area contributed by atoms with E-state index in [-0.39, 0.29) is 33.4 Å². The van der Waals surface area contributed by atoms with Crippen LogP contribution < -0.4 is 0 Å². The molecule has 8 atom stereocenters. The molecule has 0 radical (unpaired) electrons. The van der Waals surface area contributed by atoms with Gasteiger partial charge in [0.25, 0.3) is 0 Å². The van der Waals surface area contributed by atoms with Gasteiger partial charge in [0.2, 0.25) is 0 Å². The van der Waals surface area contributed by atoms with Crippen LogP contribution >= 0.6 is 0 Å². The third-order valence-corrected chi connectivity index (χ3v) is 13.3. The summed E-state index contributed by atoms with van der Waals surface area (Å²) in [6.07, 6.45) is 11.8. The van der Waals surface area contributed by atoms with Crippen molar-refractivity contribution in [3.63, 3.8) is 0 Å². The van der Waals surface area contributed by atoms with E-state index in [4.69, 9.17) is 9.47 Å². The molecule has 226 valence electrons. The Labute approximate surface area is 251 Å². The van der Waals surface area contributed by atoms with Gasteiger partial charge in [0.1, 0.15) is 18.3 Å². The highest BCUT2D eigenvalue weighted by molar-refractivity contribution is 5.99. The first-order chi connectivity index (χ1) is 19.7. The molecular weight excluding hydrogens is 524 g/mol. The van der Waals surface area contributed by atoms with E-state index in [1.807, 2.05) is 37.3 Å². The molecule has 0 unspecified atom stereocenters. The number of aliphatic hydroxyl groups excluding tert-OH is 1. The molecule has 5 heteroatoms. The Balaban J connectivity index is 1.35. The van der Waals surface area contributed by atoms with Gasteiger partial charge >= 0.3 is 5.97 Å².